The van der Waals surface area contributed by atoms with Crippen molar-refractivity contribution < 1.29 is 18.0 Å². The number of aryl methyl sites for hydroxylation is 2. The number of rotatable bonds is 5. The summed E-state index contributed by atoms with van der Waals surface area (Å²) in [7, 11) is 0. The fourth-order valence-electron chi connectivity index (χ4n) is 3.83. The molecular weight excluding hydrogens is 451 g/mol. The predicted molar refractivity (Wildman–Crippen MR) is 118 cm³/mol. The van der Waals surface area contributed by atoms with Crippen molar-refractivity contribution in [3.8, 4) is 11.1 Å². The third kappa shape index (κ3) is 4.46. The van der Waals surface area contributed by atoms with Crippen LogP contribution in [0.3, 0.4) is 0 Å². The van der Waals surface area contributed by atoms with E-state index < -0.39 is 30.8 Å². The molecule has 0 amide bonds. The highest BCUT2D eigenvalue weighted by Crippen LogP contribution is 2.39. The van der Waals surface area contributed by atoms with Gasteiger partial charge in [-0.15, -0.1) is 21.5 Å². The van der Waals surface area contributed by atoms with Gasteiger partial charge in [0.25, 0.3) is 0 Å². The molecule has 1 atom stereocenters. The van der Waals surface area contributed by atoms with Gasteiger partial charge in [0.1, 0.15) is 22.7 Å². The van der Waals surface area contributed by atoms with Crippen LogP contribution in [0.2, 0.25) is 0 Å². The van der Waals surface area contributed by atoms with E-state index in [0.29, 0.717) is 22.9 Å². The number of halogens is 3. The number of nitrogens with zero attached hydrogens (tertiary/aromatic N) is 5. The maximum Gasteiger partial charge on any atom is 0.389 e. The summed E-state index contributed by atoms with van der Waals surface area (Å²) in [6.45, 7) is 5.78. The molecule has 0 spiro atoms. The van der Waals surface area contributed by atoms with Gasteiger partial charge in [-0.1, -0.05) is 12.1 Å². The molecule has 1 aliphatic heterocycles. The van der Waals surface area contributed by atoms with Gasteiger partial charge in [-0.25, -0.2) is 0 Å². The second-order valence-corrected chi connectivity index (χ2v) is 9.15. The van der Waals surface area contributed by atoms with Gasteiger partial charge in [0.2, 0.25) is 0 Å². The largest absolute Gasteiger partial charge is 0.389 e. The molecule has 3 aromatic rings. The first-order valence-electron chi connectivity index (χ1n) is 10.3. The van der Waals surface area contributed by atoms with Crippen LogP contribution < -0.4 is 0 Å². The van der Waals surface area contributed by atoms with Crippen LogP contribution in [0.25, 0.3) is 5.00 Å². The Morgan fingerprint density at radius 3 is 2.52 bits per heavy atom. The third-order valence-electron chi connectivity index (χ3n) is 5.64. The molecule has 4 rings (SSSR count). The number of hydrogen-bond acceptors (Lipinski definition) is 6. The number of thiophene rings is 1. The van der Waals surface area contributed by atoms with E-state index in [9.17, 15) is 18.0 Å². The summed E-state index contributed by atoms with van der Waals surface area (Å²) in [4.78, 5) is 18.4. The minimum absolute atomic E-state index is 0.207. The van der Waals surface area contributed by atoms with Crippen molar-refractivity contribution >= 4 is 22.8 Å². The van der Waals surface area contributed by atoms with Crippen molar-refractivity contribution in [2.45, 2.75) is 52.3 Å². The number of Topliss-reactive ketones (excluding diaryl/α,β-unsaturated/α-hetero) is 1. The summed E-state index contributed by atoms with van der Waals surface area (Å²) >= 11 is 1.55. The van der Waals surface area contributed by atoms with Crippen LogP contribution in [-0.4, -0.2) is 32.4 Å². The number of alkyl halides is 3. The van der Waals surface area contributed by atoms with Crippen molar-refractivity contribution in [2.75, 3.05) is 0 Å². The minimum Gasteiger partial charge on any atom is -0.300 e. The molecule has 0 saturated heterocycles. The third-order valence-corrected chi connectivity index (χ3v) is 6.83. The lowest BCUT2D eigenvalue weighted by molar-refractivity contribution is -0.143. The highest BCUT2D eigenvalue weighted by atomic mass is 32.1. The Balaban J connectivity index is 1.85. The molecule has 0 bridgehead atoms. The van der Waals surface area contributed by atoms with Crippen molar-refractivity contribution in [1.82, 2.24) is 14.8 Å². The number of carbonyl (C=O) groups is 1. The van der Waals surface area contributed by atoms with E-state index >= 15 is 0 Å². The van der Waals surface area contributed by atoms with Gasteiger partial charge in [0.15, 0.2) is 5.82 Å². The van der Waals surface area contributed by atoms with Crippen molar-refractivity contribution in [2.24, 2.45) is 4.99 Å². The van der Waals surface area contributed by atoms with E-state index in [1.165, 1.54) is 0 Å². The normalized spacial score (nSPS) is 15.3. The minimum atomic E-state index is -4.40. The van der Waals surface area contributed by atoms with Gasteiger partial charge in [0.05, 0.1) is 23.8 Å². The maximum absolute atomic E-state index is 12.6. The van der Waals surface area contributed by atoms with Crippen LogP contribution >= 0.6 is 11.3 Å². The SMILES string of the molecule is Cc1sc2c(c1C)C(c1ccc(C#N)cc1)=N[C@@H](CC(=O)CCC(F)(F)F)c1nnc(C)n1-2. The van der Waals surface area contributed by atoms with Crippen molar-refractivity contribution in [3.63, 3.8) is 0 Å². The van der Waals surface area contributed by atoms with E-state index in [4.69, 9.17) is 10.3 Å². The zero-order valence-corrected chi connectivity index (χ0v) is 19.0. The lowest BCUT2D eigenvalue weighted by atomic mass is 9.98. The Hall–Kier alpha value is -3.32. The van der Waals surface area contributed by atoms with Crippen LogP contribution in [-0.2, 0) is 4.79 Å². The smallest absolute Gasteiger partial charge is 0.300 e. The number of carbonyl (C=O) groups excluding carboxylic acids is 1. The first-order valence-corrected chi connectivity index (χ1v) is 11.1. The zero-order chi connectivity index (χ0) is 23.9. The molecule has 0 saturated carbocycles. The molecule has 0 radical (unpaired) electrons. The van der Waals surface area contributed by atoms with Crippen molar-refractivity contribution in [3.05, 3.63) is 63.0 Å². The zero-order valence-electron chi connectivity index (χ0n) is 18.2. The summed E-state index contributed by atoms with van der Waals surface area (Å²) in [5, 5.41) is 18.4. The fourth-order valence-corrected chi connectivity index (χ4v) is 5.04. The maximum atomic E-state index is 12.6. The molecule has 2 aromatic heterocycles. The van der Waals surface area contributed by atoms with E-state index in [1.54, 1.807) is 42.5 Å². The standard InChI is InChI=1S/C23H20F3N5OS/c1-12-13(2)33-22-19(12)20(16-6-4-15(11-27)5-7-16)28-18(21-30-29-14(3)31(21)22)10-17(32)8-9-23(24,25)26/h4-7,18H,8-10H2,1-3H3/t18-/m0/s1. The van der Waals surface area contributed by atoms with E-state index in [0.717, 1.165) is 26.6 Å². The predicted octanol–water partition coefficient (Wildman–Crippen LogP) is 5.32. The number of aromatic nitrogens is 3. The van der Waals surface area contributed by atoms with Crippen LogP contribution in [0.5, 0.6) is 0 Å². The van der Waals surface area contributed by atoms with Gasteiger partial charge in [-0.05, 0) is 38.5 Å². The van der Waals surface area contributed by atoms with Crippen molar-refractivity contribution in [1.29, 1.82) is 5.26 Å². The van der Waals surface area contributed by atoms with Crippen LogP contribution in [0, 0.1) is 32.1 Å². The quantitative estimate of drug-likeness (QED) is 0.504. The number of fused-ring (bicyclic) bond motifs is 3. The van der Waals surface area contributed by atoms with Crippen LogP contribution in [0.15, 0.2) is 29.3 Å². The first kappa shape index (κ1) is 22.9. The van der Waals surface area contributed by atoms with E-state index in [2.05, 4.69) is 16.3 Å². The van der Waals surface area contributed by atoms with Crippen LogP contribution in [0.1, 0.15) is 64.1 Å². The van der Waals surface area contributed by atoms with Gasteiger partial charge >= 0.3 is 6.18 Å². The lowest BCUT2D eigenvalue weighted by Gasteiger charge is -2.13. The Morgan fingerprint density at radius 2 is 1.88 bits per heavy atom. The van der Waals surface area contributed by atoms with Crippen LogP contribution in [0.4, 0.5) is 13.2 Å². The van der Waals surface area contributed by atoms with Gasteiger partial charge in [-0.3, -0.25) is 14.4 Å². The molecule has 170 valence electrons. The monoisotopic (exact) mass is 471 g/mol. The highest BCUT2D eigenvalue weighted by Gasteiger charge is 2.33. The lowest BCUT2D eigenvalue weighted by Crippen LogP contribution is -2.14. The second-order valence-electron chi connectivity index (χ2n) is 7.94. The molecule has 33 heavy (non-hydrogen) atoms. The Labute approximate surface area is 192 Å². The Morgan fingerprint density at radius 1 is 1.18 bits per heavy atom. The fraction of sp³-hybridized carbons (Fsp3) is 0.348. The molecule has 6 nitrogen and oxygen atoms in total. The molecule has 0 unspecified atom stereocenters. The number of benzene rings is 1. The average molecular weight is 472 g/mol. The van der Waals surface area contributed by atoms with Gasteiger partial charge < -0.3 is 0 Å². The topological polar surface area (TPSA) is 83.9 Å². The first-order chi connectivity index (χ1) is 15.6. The number of hydrogen-bond donors (Lipinski definition) is 0. The number of ketones is 1. The summed E-state index contributed by atoms with van der Waals surface area (Å²) < 4.78 is 39.8. The highest BCUT2D eigenvalue weighted by molar-refractivity contribution is 7.15. The Bertz CT molecular complexity index is 1300. The summed E-state index contributed by atoms with van der Waals surface area (Å²) in [6.07, 6.45) is -6.37. The number of aliphatic imine (C=N–C) groups is 1. The molecular formula is C23H20F3N5OS. The molecule has 0 aliphatic carbocycles. The second kappa shape index (κ2) is 8.56. The summed E-state index contributed by atoms with van der Waals surface area (Å²) in [5.41, 5.74) is 3.76. The molecule has 0 N–H and O–H groups in total. The van der Waals surface area contributed by atoms with Gasteiger partial charge in [-0.2, -0.15) is 18.4 Å². The average Bonchev–Trinajstić information content (AvgIpc) is 3.24. The summed E-state index contributed by atoms with van der Waals surface area (Å²) in [6, 6.07) is 8.25. The molecule has 3 heterocycles. The molecule has 1 aromatic carbocycles. The summed E-state index contributed by atoms with van der Waals surface area (Å²) in [5.74, 6) is 0.501. The van der Waals surface area contributed by atoms with Gasteiger partial charge in [0, 0.05) is 28.8 Å². The number of nitriles is 1. The molecule has 0 fully saturated rings. The van der Waals surface area contributed by atoms with E-state index in [-0.39, 0.29) is 6.42 Å². The van der Waals surface area contributed by atoms with E-state index in [1.807, 2.05) is 18.4 Å². The molecule has 10 heteroatoms. The Kier molecular flexibility index (Phi) is 5.93. The molecule has 1 aliphatic rings.